The number of hydrogen-bond acceptors (Lipinski definition) is 4. The fourth-order valence-corrected chi connectivity index (χ4v) is 2.92. The van der Waals surface area contributed by atoms with Crippen LogP contribution in [-0.4, -0.2) is 41.8 Å². The molecule has 24 heavy (non-hydrogen) atoms. The summed E-state index contributed by atoms with van der Waals surface area (Å²) in [4.78, 5) is 23.2. The van der Waals surface area contributed by atoms with Crippen LogP contribution >= 0.6 is 11.6 Å². The molecule has 1 aliphatic rings. The van der Waals surface area contributed by atoms with Crippen LogP contribution in [0.5, 0.6) is 0 Å². The lowest BCUT2D eigenvalue weighted by Gasteiger charge is -2.35. The van der Waals surface area contributed by atoms with E-state index in [0.29, 0.717) is 24.4 Å². The minimum absolute atomic E-state index is 0.107. The fourth-order valence-electron chi connectivity index (χ4n) is 2.79. The highest BCUT2D eigenvalue weighted by molar-refractivity contribution is 6.30. The Morgan fingerprint density at radius 1 is 1.29 bits per heavy atom. The van der Waals surface area contributed by atoms with Gasteiger partial charge in [-0.25, -0.2) is 0 Å². The Morgan fingerprint density at radius 2 is 2.00 bits per heavy atom. The van der Waals surface area contributed by atoms with E-state index in [9.17, 15) is 14.7 Å². The second-order valence-corrected chi connectivity index (χ2v) is 6.41. The van der Waals surface area contributed by atoms with Crippen LogP contribution in [0.1, 0.15) is 31.7 Å². The molecule has 0 aliphatic carbocycles. The molecule has 1 saturated heterocycles. The predicted octanol–water partition coefficient (Wildman–Crippen LogP) is 1.39. The number of aliphatic hydroxyl groups excluding tert-OH is 1. The molecule has 1 aromatic carbocycles. The van der Waals surface area contributed by atoms with Crippen LogP contribution in [0.4, 0.5) is 0 Å². The molecular weight excluding hydrogens is 332 g/mol. The summed E-state index contributed by atoms with van der Waals surface area (Å²) in [6, 6.07) is 7.07. The van der Waals surface area contributed by atoms with Crippen molar-refractivity contribution in [2.45, 2.75) is 51.0 Å². The number of nitrogens with one attached hydrogen (secondary N) is 2. The molecule has 0 unspecified atom stereocenters. The molecule has 2 rings (SSSR count). The topological polar surface area (TPSA) is 87.7 Å². The minimum atomic E-state index is -0.475. The zero-order valence-electron chi connectivity index (χ0n) is 13.6. The molecular formula is C17H23ClN2O4. The van der Waals surface area contributed by atoms with Gasteiger partial charge in [-0.3, -0.25) is 9.59 Å². The van der Waals surface area contributed by atoms with E-state index < -0.39 is 6.10 Å². The third-order valence-corrected chi connectivity index (χ3v) is 4.25. The lowest BCUT2D eigenvalue weighted by Crippen LogP contribution is -2.51. The molecule has 1 aromatic rings. The zero-order valence-corrected chi connectivity index (χ0v) is 14.4. The highest BCUT2D eigenvalue weighted by Crippen LogP contribution is 2.22. The molecule has 0 aromatic heterocycles. The Labute approximate surface area is 146 Å². The normalized spacial score (nSPS) is 23.5. The van der Waals surface area contributed by atoms with Gasteiger partial charge in [0.2, 0.25) is 11.8 Å². The van der Waals surface area contributed by atoms with Crippen LogP contribution < -0.4 is 10.6 Å². The average molecular weight is 355 g/mol. The maximum absolute atomic E-state index is 12.1. The van der Waals surface area contributed by atoms with E-state index in [1.54, 1.807) is 12.1 Å². The van der Waals surface area contributed by atoms with Gasteiger partial charge in [-0.1, -0.05) is 23.7 Å². The van der Waals surface area contributed by atoms with E-state index >= 15 is 0 Å². The predicted molar refractivity (Wildman–Crippen MR) is 90.5 cm³/mol. The van der Waals surface area contributed by atoms with Crippen molar-refractivity contribution in [1.82, 2.24) is 10.6 Å². The lowest BCUT2D eigenvalue weighted by atomic mass is 9.97. The van der Waals surface area contributed by atoms with E-state index in [0.717, 1.165) is 5.56 Å². The smallest absolute Gasteiger partial charge is 0.222 e. The molecule has 7 heteroatoms. The summed E-state index contributed by atoms with van der Waals surface area (Å²) < 4.78 is 5.74. The number of aliphatic hydroxyl groups is 1. The van der Waals surface area contributed by atoms with Gasteiger partial charge < -0.3 is 20.5 Å². The second-order valence-electron chi connectivity index (χ2n) is 5.97. The van der Waals surface area contributed by atoms with Crippen LogP contribution in [0.25, 0.3) is 0 Å². The van der Waals surface area contributed by atoms with Crippen molar-refractivity contribution in [3.63, 3.8) is 0 Å². The Balaban J connectivity index is 1.77. The summed E-state index contributed by atoms with van der Waals surface area (Å²) in [6.07, 6.45) is 0.848. The van der Waals surface area contributed by atoms with Crippen molar-refractivity contribution < 1.29 is 19.4 Å². The first-order chi connectivity index (χ1) is 11.5. The van der Waals surface area contributed by atoms with Gasteiger partial charge in [-0.15, -0.1) is 0 Å². The van der Waals surface area contributed by atoms with E-state index in [2.05, 4.69) is 10.6 Å². The van der Waals surface area contributed by atoms with Crippen LogP contribution in [0, 0.1) is 0 Å². The highest BCUT2D eigenvalue weighted by Gasteiger charge is 2.32. The Bertz CT molecular complexity index is 564. The standard InChI is InChI=1S/C17H23ClN2O4/c1-11(22)20-15-7-6-14(24-16(15)10-21)8-17(23)19-9-12-2-4-13(18)5-3-12/h2-5,14-16,21H,6-10H2,1H3,(H,19,23)(H,20,22)/t14-,15+,16-/m0/s1. The molecule has 1 fully saturated rings. The Morgan fingerprint density at radius 3 is 2.62 bits per heavy atom. The molecule has 6 nitrogen and oxygen atoms in total. The van der Waals surface area contributed by atoms with E-state index in [1.165, 1.54) is 6.92 Å². The molecule has 3 N–H and O–H groups in total. The van der Waals surface area contributed by atoms with Gasteiger partial charge in [-0.05, 0) is 30.5 Å². The molecule has 1 heterocycles. The first kappa shape index (κ1) is 18.7. The van der Waals surface area contributed by atoms with Gasteiger partial charge in [0.15, 0.2) is 0 Å². The van der Waals surface area contributed by atoms with Crippen LogP contribution in [0.2, 0.25) is 5.02 Å². The molecule has 2 amide bonds. The second kappa shape index (κ2) is 9.01. The van der Waals surface area contributed by atoms with Crippen molar-refractivity contribution in [2.75, 3.05) is 6.61 Å². The van der Waals surface area contributed by atoms with Crippen LogP contribution in [0.3, 0.4) is 0 Å². The van der Waals surface area contributed by atoms with Crippen LogP contribution in [0.15, 0.2) is 24.3 Å². The zero-order chi connectivity index (χ0) is 17.5. The third kappa shape index (κ3) is 5.78. The first-order valence-electron chi connectivity index (χ1n) is 8.02. The van der Waals surface area contributed by atoms with Crippen molar-refractivity contribution >= 4 is 23.4 Å². The summed E-state index contributed by atoms with van der Waals surface area (Å²) in [6.45, 7) is 1.68. The summed E-state index contributed by atoms with van der Waals surface area (Å²) in [5, 5.41) is 15.7. The average Bonchev–Trinajstić information content (AvgIpc) is 2.55. The molecule has 0 bridgehead atoms. The third-order valence-electron chi connectivity index (χ3n) is 4.00. The van der Waals surface area contributed by atoms with Gasteiger partial charge >= 0.3 is 0 Å². The van der Waals surface area contributed by atoms with Gasteiger partial charge in [-0.2, -0.15) is 0 Å². The number of rotatable bonds is 6. The maximum atomic E-state index is 12.1. The highest BCUT2D eigenvalue weighted by atomic mass is 35.5. The molecule has 132 valence electrons. The van der Waals surface area contributed by atoms with E-state index in [1.807, 2.05) is 12.1 Å². The number of hydrogen-bond donors (Lipinski definition) is 3. The van der Waals surface area contributed by atoms with Crippen molar-refractivity contribution in [1.29, 1.82) is 0 Å². The molecule has 3 atom stereocenters. The fraction of sp³-hybridized carbons (Fsp3) is 0.529. The summed E-state index contributed by atoms with van der Waals surface area (Å²) in [5.74, 6) is -0.258. The Kier molecular flexibility index (Phi) is 7.02. The summed E-state index contributed by atoms with van der Waals surface area (Å²) in [7, 11) is 0. The summed E-state index contributed by atoms with van der Waals surface area (Å²) in [5.41, 5.74) is 0.969. The molecule has 0 radical (unpaired) electrons. The van der Waals surface area contributed by atoms with Crippen molar-refractivity contribution in [3.05, 3.63) is 34.9 Å². The Hall–Kier alpha value is -1.63. The lowest BCUT2D eigenvalue weighted by molar-refractivity contribution is -0.135. The number of carbonyl (C=O) groups excluding carboxylic acids is 2. The minimum Gasteiger partial charge on any atom is -0.394 e. The SMILES string of the molecule is CC(=O)N[C@@H]1CC[C@@H](CC(=O)NCc2ccc(Cl)cc2)O[C@H]1CO. The molecule has 0 spiro atoms. The maximum Gasteiger partial charge on any atom is 0.222 e. The van der Waals surface area contributed by atoms with Gasteiger partial charge in [0, 0.05) is 18.5 Å². The first-order valence-corrected chi connectivity index (χ1v) is 8.40. The van der Waals surface area contributed by atoms with Gasteiger partial charge in [0.05, 0.1) is 25.2 Å². The largest absolute Gasteiger partial charge is 0.394 e. The van der Waals surface area contributed by atoms with Crippen molar-refractivity contribution in [2.24, 2.45) is 0 Å². The number of ether oxygens (including phenoxy) is 1. The molecule has 0 saturated carbocycles. The van der Waals surface area contributed by atoms with E-state index in [4.69, 9.17) is 16.3 Å². The van der Waals surface area contributed by atoms with Crippen molar-refractivity contribution in [3.8, 4) is 0 Å². The van der Waals surface area contributed by atoms with E-state index in [-0.39, 0.29) is 37.0 Å². The number of carbonyl (C=O) groups is 2. The summed E-state index contributed by atoms with van der Waals surface area (Å²) >= 11 is 5.82. The number of benzene rings is 1. The van der Waals surface area contributed by atoms with Gasteiger partial charge in [0.1, 0.15) is 6.10 Å². The van der Waals surface area contributed by atoms with Crippen LogP contribution in [-0.2, 0) is 20.9 Å². The number of halogens is 1. The quantitative estimate of drug-likeness (QED) is 0.720. The molecule has 1 aliphatic heterocycles. The monoisotopic (exact) mass is 354 g/mol. The van der Waals surface area contributed by atoms with Gasteiger partial charge in [0.25, 0.3) is 0 Å². The number of amides is 2.